The van der Waals surface area contributed by atoms with E-state index < -0.39 is 15.4 Å². The molecule has 0 aliphatic heterocycles. The third kappa shape index (κ3) is 5.79. The first-order chi connectivity index (χ1) is 9.86. The third-order valence-electron chi connectivity index (χ3n) is 3.79. The molecule has 0 atom stereocenters. The SMILES string of the molecule is CCC(CC)(CO)CNS(=O)(=O)/C=C/c1ccc(Cl)cc1. The molecule has 4 nitrogen and oxygen atoms in total. The Labute approximate surface area is 131 Å². The highest BCUT2D eigenvalue weighted by atomic mass is 35.5. The fourth-order valence-electron chi connectivity index (χ4n) is 1.82. The van der Waals surface area contributed by atoms with Gasteiger partial charge in [0.25, 0.3) is 0 Å². The van der Waals surface area contributed by atoms with Crippen molar-refractivity contribution >= 4 is 27.7 Å². The lowest BCUT2D eigenvalue weighted by Crippen LogP contribution is -2.38. The maximum absolute atomic E-state index is 12.0. The molecule has 0 aliphatic rings. The van der Waals surface area contributed by atoms with Gasteiger partial charge in [-0.25, -0.2) is 13.1 Å². The molecule has 0 saturated carbocycles. The van der Waals surface area contributed by atoms with E-state index >= 15 is 0 Å². The smallest absolute Gasteiger partial charge is 0.233 e. The van der Waals surface area contributed by atoms with Crippen molar-refractivity contribution in [3.8, 4) is 0 Å². The van der Waals surface area contributed by atoms with Crippen molar-refractivity contribution in [2.75, 3.05) is 13.2 Å². The van der Waals surface area contributed by atoms with Crippen molar-refractivity contribution in [2.45, 2.75) is 26.7 Å². The topological polar surface area (TPSA) is 66.4 Å². The highest BCUT2D eigenvalue weighted by molar-refractivity contribution is 7.92. The van der Waals surface area contributed by atoms with Crippen LogP contribution in [-0.2, 0) is 10.0 Å². The molecular formula is C15H22ClNO3S. The summed E-state index contributed by atoms with van der Waals surface area (Å²) in [5.41, 5.74) is 0.352. The molecule has 0 spiro atoms. The van der Waals surface area contributed by atoms with Crippen LogP contribution in [0, 0.1) is 5.41 Å². The predicted molar refractivity (Wildman–Crippen MR) is 87.5 cm³/mol. The van der Waals surface area contributed by atoms with Crippen molar-refractivity contribution in [2.24, 2.45) is 5.41 Å². The Morgan fingerprint density at radius 1 is 1.24 bits per heavy atom. The summed E-state index contributed by atoms with van der Waals surface area (Å²) in [5, 5.41) is 11.2. The molecule has 0 saturated heterocycles. The lowest BCUT2D eigenvalue weighted by molar-refractivity contribution is 0.119. The van der Waals surface area contributed by atoms with Gasteiger partial charge in [-0.2, -0.15) is 0 Å². The number of aliphatic hydroxyl groups is 1. The Morgan fingerprint density at radius 3 is 2.29 bits per heavy atom. The molecule has 0 aliphatic carbocycles. The van der Waals surface area contributed by atoms with Gasteiger partial charge in [-0.3, -0.25) is 0 Å². The molecule has 118 valence electrons. The Balaban J connectivity index is 2.71. The fraction of sp³-hybridized carbons (Fsp3) is 0.467. The van der Waals surface area contributed by atoms with Crippen molar-refractivity contribution in [1.82, 2.24) is 4.72 Å². The Hall–Kier alpha value is -0.880. The minimum Gasteiger partial charge on any atom is -0.396 e. The van der Waals surface area contributed by atoms with Crippen molar-refractivity contribution in [1.29, 1.82) is 0 Å². The molecule has 1 aromatic carbocycles. The third-order valence-corrected chi connectivity index (χ3v) is 5.09. The van der Waals surface area contributed by atoms with Crippen LogP contribution in [-0.4, -0.2) is 26.7 Å². The van der Waals surface area contributed by atoms with Crippen LogP contribution in [0.5, 0.6) is 0 Å². The van der Waals surface area contributed by atoms with E-state index in [1.807, 2.05) is 13.8 Å². The maximum atomic E-state index is 12.0. The minimum atomic E-state index is -3.53. The summed E-state index contributed by atoms with van der Waals surface area (Å²) in [7, 11) is -3.53. The normalized spacial score (nSPS) is 13.0. The molecule has 21 heavy (non-hydrogen) atoms. The molecule has 1 rings (SSSR count). The Bertz CT molecular complexity index is 555. The van der Waals surface area contributed by atoms with Crippen LogP contribution in [0.15, 0.2) is 29.7 Å². The van der Waals surface area contributed by atoms with Crippen LogP contribution >= 0.6 is 11.6 Å². The average Bonchev–Trinajstić information content (AvgIpc) is 2.49. The van der Waals surface area contributed by atoms with Crippen molar-refractivity contribution in [3.05, 3.63) is 40.3 Å². The fourth-order valence-corrected chi connectivity index (χ4v) is 2.89. The monoisotopic (exact) mass is 331 g/mol. The largest absolute Gasteiger partial charge is 0.396 e. The lowest BCUT2D eigenvalue weighted by atomic mass is 9.84. The first-order valence-electron chi connectivity index (χ1n) is 6.90. The minimum absolute atomic E-state index is 0.0383. The summed E-state index contributed by atoms with van der Waals surface area (Å²) in [4.78, 5) is 0. The molecule has 1 aromatic rings. The quantitative estimate of drug-likeness (QED) is 0.769. The Morgan fingerprint density at radius 2 is 1.81 bits per heavy atom. The Kier molecular flexibility index (Phi) is 6.87. The second-order valence-electron chi connectivity index (χ2n) is 5.09. The van der Waals surface area contributed by atoms with Gasteiger partial charge in [0.1, 0.15) is 0 Å². The molecule has 0 fully saturated rings. The van der Waals surface area contributed by atoms with Gasteiger partial charge in [-0.15, -0.1) is 0 Å². The summed E-state index contributed by atoms with van der Waals surface area (Å²) in [6.45, 7) is 4.07. The number of rotatable bonds is 8. The first-order valence-corrected chi connectivity index (χ1v) is 8.83. The van der Waals surface area contributed by atoms with Gasteiger partial charge in [-0.1, -0.05) is 37.6 Å². The number of halogens is 1. The summed E-state index contributed by atoms with van der Waals surface area (Å²) in [6, 6.07) is 6.88. The molecule has 0 aromatic heterocycles. The number of nitrogens with one attached hydrogen (secondary N) is 1. The standard InChI is InChI=1S/C15H22ClNO3S/c1-3-15(4-2,12-18)11-17-21(19,20)10-9-13-5-7-14(16)8-6-13/h5-10,17-18H,3-4,11-12H2,1-2H3/b10-9+. The van der Waals surface area contributed by atoms with Gasteiger partial charge in [0, 0.05) is 29.0 Å². The number of benzene rings is 1. The van der Waals surface area contributed by atoms with Crippen LogP contribution < -0.4 is 4.72 Å². The van der Waals surface area contributed by atoms with Crippen LogP contribution in [0.2, 0.25) is 5.02 Å². The predicted octanol–water partition coefficient (Wildman–Crippen LogP) is 3.03. The zero-order valence-electron chi connectivity index (χ0n) is 12.3. The van der Waals surface area contributed by atoms with E-state index in [4.69, 9.17) is 11.6 Å². The molecular weight excluding hydrogens is 310 g/mol. The highest BCUT2D eigenvalue weighted by Gasteiger charge is 2.26. The molecule has 0 bridgehead atoms. The van der Waals surface area contributed by atoms with Gasteiger partial charge in [0.2, 0.25) is 10.0 Å². The number of aliphatic hydroxyl groups excluding tert-OH is 1. The summed E-state index contributed by atoms with van der Waals surface area (Å²) in [6.07, 6.45) is 2.93. The maximum Gasteiger partial charge on any atom is 0.233 e. The van der Waals surface area contributed by atoms with E-state index in [0.29, 0.717) is 17.9 Å². The van der Waals surface area contributed by atoms with Crippen molar-refractivity contribution < 1.29 is 13.5 Å². The number of hydrogen-bond acceptors (Lipinski definition) is 3. The second kappa shape index (κ2) is 7.94. The number of hydrogen-bond donors (Lipinski definition) is 2. The van der Waals surface area contributed by atoms with Gasteiger partial charge in [0.15, 0.2) is 0 Å². The molecule has 0 heterocycles. The molecule has 0 amide bonds. The summed E-state index contributed by atoms with van der Waals surface area (Å²) >= 11 is 5.77. The van der Waals surface area contributed by atoms with Gasteiger partial charge in [-0.05, 0) is 36.6 Å². The molecule has 0 radical (unpaired) electrons. The molecule has 0 unspecified atom stereocenters. The van der Waals surface area contributed by atoms with E-state index in [-0.39, 0.29) is 13.2 Å². The van der Waals surface area contributed by atoms with Gasteiger partial charge < -0.3 is 5.11 Å². The van der Waals surface area contributed by atoms with E-state index in [1.165, 1.54) is 6.08 Å². The van der Waals surface area contributed by atoms with Crippen LogP contribution in [0.3, 0.4) is 0 Å². The van der Waals surface area contributed by atoms with E-state index in [1.54, 1.807) is 24.3 Å². The van der Waals surface area contributed by atoms with Crippen LogP contribution in [0.4, 0.5) is 0 Å². The van der Waals surface area contributed by atoms with E-state index in [9.17, 15) is 13.5 Å². The highest BCUT2D eigenvalue weighted by Crippen LogP contribution is 2.24. The molecule has 6 heteroatoms. The lowest BCUT2D eigenvalue weighted by Gasteiger charge is -2.29. The van der Waals surface area contributed by atoms with Crippen LogP contribution in [0.25, 0.3) is 6.08 Å². The number of sulfonamides is 1. The summed E-state index contributed by atoms with van der Waals surface area (Å²) < 4.78 is 26.5. The first kappa shape index (κ1) is 18.2. The van der Waals surface area contributed by atoms with Crippen molar-refractivity contribution in [3.63, 3.8) is 0 Å². The average molecular weight is 332 g/mol. The van der Waals surface area contributed by atoms with E-state index in [2.05, 4.69) is 4.72 Å². The molecule has 2 N–H and O–H groups in total. The van der Waals surface area contributed by atoms with Gasteiger partial charge >= 0.3 is 0 Å². The summed E-state index contributed by atoms with van der Waals surface area (Å²) in [5.74, 6) is 0. The van der Waals surface area contributed by atoms with Crippen LogP contribution in [0.1, 0.15) is 32.3 Å². The second-order valence-corrected chi connectivity index (χ2v) is 7.17. The zero-order chi connectivity index (χ0) is 15.9. The van der Waals surface area contributed by atoms with E-state index in [0.717, 1.165) is 11.0 Å². The zero-order valence-corrected chi connectivity index (χ0v) is 13.9. The van der Waals surface area contributed by atoms with Gasteiger partial charge in [0.05, 0.1) is 0 Å².